The van der Waals surface area contributed by atoms with Gasteiger partial charge in [-0.15, -0.1) is 0 Å². The van der Waals surface area contributed by atoms with E-state index in [-0.39, 0.29) is 11.4 Å². The van der Waals surface area contributed by atoms with E-state index in [9.17, 15) is 9.90 Å². The minimum Gasteiger partial charge on any atom is -0.378 e. The highest BCUT2D eigenvalue weighted by molar-refractivity contribution is 5.82. The van der Waals surface area contributed by atoms with Crippen LogP contribution in [0.2, 0.25) is 0 Å². The van der Waals surface area contributed by atoms with Crippen LogP contribution < -0.4 is 5.32 Å². The Kier molecular flexibility index (Phi) is 2.97. The van der Waals surface area contributed by atoms with Crippen LogP contribution in [0.4, 0.5) is 0 Å². The maximum absolute atomic E-state index is 11.8. The largest absolute Gasteiger partial charge is 0.378 e. The van der Waals surface area contributed by atoms with Gasteiger partial charge in [0, 0.05) is 5.54 Å². The Morgan fingerprint density at radius 3 is 2.50 bits per heavy atom. The van der Waals surface area contributed by atoms with E-state index in [0.717, 1.165) is 19.3 Å². The molecule has 0 heterocycles. The average molecular weight is 219 g/mol. The van der Waals surface area contributed by atoms with Gasteiger partial charge in [-0.2, -0.15) is 0 Å². The summed E-state index contributed by atoms with van der Waals surface area (Å²) in [7, 11) is 0. The van der Waals surface area contributed by atoms with Crippen LogP contribution in [-0.2, 0) is 4.79 Å². The Hall–Kier alpha value is -1.35. The quantitative estimate of drug-likeness (QED) is 0.814. The molecule has 2 rings (SSSR count). The Morgan fingerprint density at radius 2 is 2.00 bits per heavy atom. The lowest BCUT2D eigenvalue weighted by molar-refractivity contribution is -0.132. The molecule has 1 atom stereocenters. The third kappa shape index (κ3) is 2.25. The molecule has 0 radical (unpaired) electrons. The van der Waals surface area contributed by atoms with Gasteiger partial charge in [-0.25, -0.2) is 0 Å². The highest BCUT2D eigenvalue weighted by Gasteiger charge is 2.34. The molecule has 86 valence electrons. The number of benzene rings is 1. The lowest BCUT2D eigenvalue weighted by atomic mass is 9.78. The number of amides is 1. The standard InChI is InChI=1S/C13H17NO2/c1-13(8-5-9-13)14-12(16)11(15)10-6-3-2-4-7-10/h2-4,6-7,11,15H,5,8-9H2,1H3,(H,14,16). The van der Waals surface area contributed by atoms with Gasteiger partial charge in [0.05, 0.1) is 0 Å². The highest BCUT2D eigenvalue weighted by atomic mass is 16.3. The van der Waals surface area contributed by atoms with Gasteiger partial charge >= 0.3 is 0 Å². The van der Waals surface area contributed by atoms with Crippen LogP contribution in [0.15, 0.2) is 30.3 Å². The summed E-state index contributed by atoms with van der Waals surface area (Å²) in [4.78, 5) is 11.8. The van der Waals surface area contributed by atoms with Crippen LogP contribution in [0.3, 0.4) is 0 Å². The van der Waals surface area contributed by atoms with Gasteiger partial charge in [0.25, 0.3) is 5.91 Å². The highest BCUT2D eigenvalue weighted by Crippen LogP contribution is 2.31. The van der Waals surface area contributed by atoms with E-state index in [1.165, 1.54) is 0 Å². The number of aliphatic hydroxyl groups excluding tert-OH is 1. The van der Waals surface area contributed by atoms with E-state index < -0.39 is 6.10 Å². The van der Waals surface area contributed by atoms with Crippen LogP contribution in [-0.4, -0.2) is 16.6 Å². The molecule has 0 bridgehead atoms. The molecule has 1 aromatic rings. The van der Waals surface area contributed by atoms with Gasteiger partial charge in [0.1, 0.15) is 0 Å². The van der Waals surface area contributed by atoms with Crippen molar-refractivity contribution >= 4 is 5.91 Å². The van der Waals surface area contributed by atoms with E-state index in [0.29, 0.717) is 5.56 Å². The average Bonchev–Trinajstić information content (AvgIpc) is 2.27. The first-order chi connectivity index (χ1) is 7.61. The number of hydrogen-bond donors (Lipinski definition) is 2. The van der Waals surface area contributed by atoms with Gasteiger partial charge in [-0.3, -0.25) is 4.79 Å². The Balaban J connectivity index is 1.99. The van der Waals surface area contributed by atoms with Gasteiger partial charge in [0.2, 0.25) is 0 Å². The summed E-state index contributed by atoms with van der Waals surface area (Å²) in [6.45, 7) is 2.02. The number of carbonyl (C=O) groups is 1. The van der Waals surface area contributed by atoms with Crippen molar-refractivity contribution in [2.75, 3.05) is 0 Å². The molecule has 0 aliphatic heterocycles. The molecular formula is C13H17NO2. The van der Waals surface area contributed by atoms with E-state index in [1.54, 1.807) is 12.1 Å². The fraction of sp³-hybridized carbons (Fsp3) is 0.462. The van der Waals surface area contributed by atoms with Crippen molar-refractivity contribution in [3.05, 3.63) is 35.9 Å². The summed E-state index contributed by atoms with van der Waals surface area (Å²) in [5.74, 6) is -0.298. The van der Waals surface area contributed by atoms with Crippen LogP contribution in [0.1, 0.15) is 37.9 Å². The molecule has 2 N–H and O–H groups in total. The molecular weight excluding hydrogens is 202 g/mol. The second kappa shape index (κ2) is 4.26. The van der Waals surface area contributed by atoms with Gasteiger partial charge in [-0.05, 0) is 31.7 Å². The summed E-state index contributed by atoms with van der Waals surface area (Å²) in [6.07, 6.45) is 2.09. The third-order valence-corrected chi connectivity index (χ3v) is 3.25. The van der Waals surface area contributed by atoms with Crippen LogP contribution >= 0.6 is 0 Å². The van der Waals surface area contributed by atoms with E-state index in [4.69, 9.17) is 0 Å². The zero-order chi connectivity index (χ0) is 11.6. The predicted molar refractivity (Wildman–Crippen MR) is 61.8 cm³/mol. The van der Waals surface area contributed by atoms with Crippen molar-refractivity contribution in [3.8, 4) is 0 Å². The van der Waals surface area contributed by atoms with Crippen molar-refractivity contribution in [2.24, 2.45) is 0 Å². The number of nitrogens with one attached hydrogen (secondary N) is 1. The molecule has 0 saturated heterocycles. The fourth-order valence-electron chi connectivity index (χ4n) is 1.98. The lowest BCUT2D eigenvalue weighted by Gasteiger charge is -2.39. The molecule has 1 aliphatic carbocycles. The maximum atomic E-state index is 11.8. The molecule has 1 aliphatic rings. The molecule has 3 nitrogen and oxygen atoms in total. The monoisotopic (exact) mass is 219 g/mol. The first kappa shape index (κ1) is 11.1. The van der Waals surface area contributed by atoms with Crippen molar-refractivity contribution in [2.45, 2.75) is 37.8 Å². The molecule has 1 saturated carbocycles. The first-order valence-electron chi connectivity index (χ1n) is 5.66. The number of carbonyl (C=O) groups excluding carboxylic acids is 1. The predicted octanol–water partition coefficient (Wildman–Crippen LogP) is 1.78. The Bertz CT molecular complexity index is 371. The topological polar surface area (TPSA) is 49.3 Å². The maximum Gasteiger partial charge on any atom is 0.253 e. The van der Waals surface area contributed by atoms with Crippen molar-refractivity contribution in [1.82, 2.24) is 5.32 Å². The summed E-state index contributed by atoms with van der Waals surface area (Å²) < 4.78 is 0. The second-order valence-corrected chi connectivity index (χ2v) is 4.72. The molecule has 16 heavy (non-hydrogen) atoms. The zero-order valence-corrected chi connectivity index (χ0v) is 9.44. The molecule has 0 spiro atoms. The minimum atomic E-state index is -1.06. The molecule has 3 heteroatoms. The van der Waals surface area contributed by atoms with E-state index in [2.05, 4.69) is 5.32 Å². The molecule has 1 unspecified atom stereocenters. The Labute approximate surface area is 95.5 Å². The van der Waals surface area contributed by atoms with Crippen molar-refractivity contribution in [3.63, 3.8) is 0 Å². The summed E-state index contributed by atoms with van der Waals surface area (Å²) in [5.41, 5.74) is 0.537. The second-order valence-electron chi connectivity index (χ2n) is 4.72. The summed E-state index contributed by atoms with van der Waals surface area (Å²) >= 11 is 0. The zero-order valence-electron chi connectivity index (χ0n) is 9.44. The minimum absolute atomic E-state index is 0.104. The summed E-state index contributed by atoms with van der Waals surface area (Å²) in [5, 5.41) is 12.8. The van der Waals surface area contributed by atoms with E-state index in [1.807, 2.05) is 25.1 Å². The third-order valence-electron chi connectivity index (χ3n) is 3.25. The number of hydrogen-bond acceptors (Lipinski definition) is 2. The molecule has 0 aromatic heterocycles. The first-order valence-corrected chi connectivity index (χ1v) is 5.66. The van der Waals surface area contributed by atoms with Crippen LogP contribution in [0.5, 0.6) is 0 Å². The summed E-state index contributed by atoms with van der Waals surface area (Å²) in [6, 6.07) is 9.01. The SMILES string of the molecule is CC1(NC(=O)C(O)c2ccccc2)CCC1. The Morgan fingerprint density at radius 1 is 1.38 bits per heavy atom. The van der Waals surface area contributed by atoms with Crippen molar-refractivity contribution in [1.29, 1.82) is 0 Å². The van der Waals surface area contributed by atoms with Crippen LogP contribution in [0.25, 0.3) is 0 Å². The van der Waals surface area contributed by atoms with Crippen LogP contribution in [0, 0.1) is 0 Å². The van der Waals surface area contributed by atoms with Crippen molar-refractivity contribution < 1.29 is 9.90 Å². The smallest absolute Gasteiger partial charge is 0.253 e. The lowest BCUT2D eigenvalue weighted by Crippen LogP contribution is -2.52. The normalized spacial score (nSPS) is 19.6. The molecule has 1 fully saturated rings. The van der Waals surface area contributed by atoms with Gasteiger partial charge in [0.15, 0.2) is 6.10 Å². The molecule has 1 aromatic carbocycles. The fourth-order valence-corrected chi connectivity index (χ4v) is 1.98. The van der Waals surface area contributed by atoms with Gasteiger partial charge < -0.3 is 10.4 Å². The van der Waals surface area contributed by atoms with E-state index >= 15 is 0 Å². The number of rotatable bonds is 3. The molecule has 1 amide bonds. The van der Waals surface area contributed by atoms with Gasteiger partial charge in [-0.1, -0.05) is 30.3 Å². The number of aliphatic hydroxyl groups is 1.